The van der Waals surface area contributed by atoms with E-state index < -0.39 is 0 Å². The van der Waals surface area contributed by atoms with E-state index in [0.717, 1.165) is 18.8 Å². The molecule has 1 aliphatic heterocycles. The number of hydrogen-bond acceptors (Lipinski definition) is 2. The SMILES string of the molecule is C1=CN(c2ccc[nH]2)NCC1. The summed E-state index contributed by atoms with van der Waals surface area (Å²) in [5.74, 6) is 1.08. The summed E-state index contributed by atoms with van der Waals surface area (Å²) in [6, 6.07) is 4.02. The van der Waals surface area contributed by atoms with E-state index in [1.165, 1.54) is 0 Å². The van der Waals surface area contributed by atoms with Gasteiger partial charge >= 0.3 is 0 Å². The van der Waals surface area contributed by atoms with E-state index >= 15 is 0 Å². The number of anilines is 1. The van der Waals surface area contributed by atoms with Crippen molar-refractivity contribution in [3.8, 4) is 0 Å². The van der Waals surface area contributed by atoms with Crippen LogP contribution in [0.15, 0.2) is 30.6 Å². The van der Waals surface area contributed by atoms with Gasteiger partial charge in [0.2, 0.25) is 0 Å². The minimum atomic E-state index is 1.01. The highest BCUT2D eigenvalue weighted by atomic mass is 15.5. The number of H-pyrrole nitrogens is 1. The van der Waals surface area contributed by atoms with Gasteiger partial charge in [-0.1, -0.05) is 6.08 Å². The zero-order valence-electron chi connectivity index (χ0n) is 6.25. The summed E-state index contributed by atoms with van der Waals surface area (Å²) in [6.07, 6.45) is 7.21. The Labute approximate surface area is 65.7 Å². The second kappa shape index (κ2) is 2.80. The molecular weight excluding hydrogens is 138 g/mol. The van der Waals surface area contributed by atoms with Crippen molar-refractivity contribution in [2.24, 2.45) is 0 Å². The first-order valence-corrected chi connectivity index (χ1v) is 3.79. The van der Waals surface area contributed by atoms with Gasteiger partial charge in [-0.25, -0.2) is 5.43 Å². The number of aromatic nitrogens is 1. The molecule has 1 aromatic heterocycles. The molecule has 0 saturated heterocycles. The van der Waals surface area contributed by atoms with E-state index in [2.05, 4.69) is 16.5 Å². The number of hydrogen-bond donors (Lipinski definition) is 2. The molecule has 0 aromatic carbocycles. The molecule has 0 radical (unpaired) electrons. The van der Waals surface area contributed by atoms with E-state index in [1.807, 2.05) is 29.5 Å². The third-order valence-corrected chi connectivity index (χ3v) is 1.69. The molecule has 0 spiro atoms. The van der Waals surface area contributed by atoms with Crippen molar-refractivity contribution in [3.05, 3.63) is 30.6 Å². The summed E-state index contributed by atoms with van der Waals surface area (Å²) < 4.78 is 0. The summed E-state index contributed by atoms with van der Waals surface area (Å²) in [5, 5.41) is 1.99. The lowest BCUT2D eigenvalue weighted by Gasteiger charge is -2.22. The fraction of sp³-hybridized carbons (Fsp3) is 0.250. The van der Waals surface area contributed by atoms with Crippen molar-refractivity contribution in [3.63, 3.8) is 0 Å². The molecule has 1 aliphatic rings. The summed E-state index contributed by atoms with van der Waals surface area (Å²) in [6.45, 7) is 1.01. The Morgan fingerprint density at radius 1 is 1.45 bits per heavy atom. The molecule has 0 atom stereocenters. The standard InChI is InChI=1S/C8H11N3/c1-2-7-11(10-6-1)8-4-3-5-9-8/h2-5,7,9-10H,1,6H2. The highest BCUT2D eigenvalue weighted by molar-refractivity contribution is 5.40. The van der Waals surface area contributed by atoms with Crippen LogP contribution in [-0.4, -0.2) is 11.5 Å². The molecule has 0 saturated carbocycles. The van der Waals surface area contributed by atoms with Crippen molar-refractivity contribution >= 4 is 5.82 Å². The van der Waals surface area contributed by atoms with E-state index in [-0.39, 0.29) is 0 Å². The molecular formula is C8H11N3. The predicted molar refractivity (Wildman–Crippen MR) is 45.0 cm³/mol. The Bertz CT molecular complexity index is 238. The van der Waals surface area contributed by atoms with Crippen LogP contribution < -0.4 is 10.4 Å². The number of rotatable bonds is 1. The summed E-state index contributed by atoms with van der Waals surface area (Å²) >= 11 is 0. The first kappa shape index (κ1) is 6.49. The largest absolute Gasteiger partial charge is 0.347 e. The van der Waals surface area contributed by atoms with Crippen molar-refractivity contribution in [2.45, 2.75) is 6.42 Å². The summed E-state index contributed by atoms with van der Waals surface area (Å²) in [5.41, 5.74) is 3.24. The molecule has 11 heavy (non-hydrogen) atoms. The minimum Gasteiger partial charge on any atom is -0.347 e. The number of hydrazine groups is 1. The molecule has 2 heterocycles. The molecule has 0 aliphatic carbocycles. The second-order valence-corrected chi connectivity index (χ2v) is 2.51. The molecule has 3 nitrogen and oxygen atoms in total. The van der Waals surface area contributed by atoms with Gasteiger partial charge in [0.25, 0.3) is 0 Å². The lowest BCUT2D eigenvalue weighted by molar-refractivity contribution is 0.670. The maximum atomic E-state index is 3.24. The van der Waals surface area contributed by atoms with Gasteiger partial charge in [-0.3, -0.25) is 5.01 Å². The Kier molecular flexibility index (Phi) is 1.65. The topological polar surface area (TPSA) is 31.1 Å². The number of nitrogens with zero attached hydrogens (tertiary/aromatic N) is 1. The fourth-order valence-electron chi connectivity index (χ4n) is 1.14. The van der Waals surface area contributed by atoms with Crippen LogP contribution in [0.4, 0.5) is 5.82 Å². The van der Waals surface area contributed by atoms with Crippen LogP contribution in [0.2, 0.25) is 0 Å². The van der Waals surface area contributed by atoms with Gasteiger partial charge in [0.05, 0.1) is 0 Å². The van der Waals surface area contributed by atoms with Gasteiger partial charge in [-0.05, 0) is 18.6 Å². The van der Waals surface area contributed by atoms with Crippen LogP contribution in [0.3, 0.4) is 0 Å². The maximum Gasteiger partial charge on any atom is 0.124 e. The van der Waals surface area contributed by atoms with Gasteiger partial charge in [0, 0.05) is 18.9 Å². The van der Waals surface area contributed by atoms with E-state index in [4.69, 9.17) is 0 Å². The maximum absolute atomic E-state index is 3.24. The third kappa shape index (κ3) is 1.28. The first-order chi connectivity index (χ1) is 5.47. The van der Waals surface area contributed by atoms with E-state index in [1.54, 1.807) is 0 Å². The lowest BCUT2D eigenvalue weighted by Crippen LogP contribution is -2.36. The molecule has 2 rings (SSSR count). The van der Waals surface area contributed by atoms with Crippen LogP contribution >= 0.6 is 0 Å². The van der Waals surface area contributed by atoms with Gasteiger partial charge in [0.15, 0.2) is 0 Å². The van der Waals surface area contributed by atoms with Crippen LogP contribution in [0, 0.1) is 0 Å². The highest BCUT2D eigenvalue weighted by Gasteiger charge is 2.04. The van der Waals surface area contributed by atoms with Crippen molar-refractivity contribution in [1.29, 1.82) is 0 Å². The van der Waals surface area contributed by atoms with Crippen LogP contribution in [-0.2, 0) is 0 Å². The molecule has 58 valence electrons. The monoisotopic (exact) mass is 149 g/mol. The average molecular weight is 149 g/mol. The molecule has 0 fully saturated rings. The molecule has 0 bridgehead atoms. The van der Waals surface area contributed by atoms with Gasteiger partial charge in [-0.2, -0.15) is 0 Å². The van der Waals surface area contributed by atoms with Gasteiger partial charge in [-0.15, -0.1) is 0 Å². The van der Waals surface area contributed by atoms with Crippen molar-refractivity contribution in [1.82, 2.24) is 10.4 Å². The number of aromatic amines is 1. The Morgan fingerprint density at radius 3 is 3.09 bits per heavy atom. The molecule has 3 heteroatoms. The first-order valence-electron chi connectivity index (χ1n) is 3.79. The summed E-state index contributed by atoms with van der Waals surface area (Å²) in [4.78, 5) is 3.12. The summed E-state index contributed by atoms with van der Waals surface area (Å²) in [7, 11) is 0. The Balaban J connectivity index is 2.16. The zero-order valence-corrected chi connectivity index (χ0v) is 6.25. The zero-order chi connectivity index (χ0) is 7.52. The highest BCUT2D eigenvalue weighted by Crippen LogP contribution is 2.09. The Hall–Kier alpha value is -1.22. The van der Waals surface area contributed by atoms with E-state index in [0.29, 0.717) is 0 Å². The lowest BCUT2D eigenvalue weighted by atomic mass is 10.4. The quantitative estimate of drug-likeness (QED) is 0.629. The van der Waals surface area contributed by atoms with Crippen LogP contribution in [0.5, 0.6) is 0 Å². The van der Waals surface area contributed by atoms with Crippen molar-refractivity contribution in [2.75, 3.05) is 11.6 Å². The predicted octanol–water partition coefficient (Wildman–Crippen LogP) is 1.24. The Morgan fingerprint density at radius 2 is 2.45 bits per heavy atom. The van der Waals surface area contributed by atoms with Crippen LogP contribution in [0.25, 0.3) is 0 Å². The van der Waals surface area contributed by atoms with Gasteiger partial charge < -0.3 is 4.98 Å². The fourth-order valence-corrected chi connectivity index (χ4v) is 1.14. The molecule has 0 amide bonds. The second-order valence-electron chi connectivity index (χ2n) is 2.51. The smallest absolute Gasteiger partial charge is 0.124 e. The molecule has 1 aromatic rings. The molecule has 0 unspecified atom stereocenters. The van der Waals surface area contributed by atoms with Crippen LogP contribution in [0.1, 0.15) is 6.42 Å². The third-order valence-electron chi connectivity index (χ3n) is 1.69. The van der Waals surface area contributed by atoms with Crippen molar-refractivity contribution < 1.29 is 0 Å². The average Bonchev–Trinajstić information content (AvgIpc) is 2.58. The number of nitrogens with one attached hydrogen (secondary N) is 2. The molecule has 2 N–H and O–H groups in total. The minimum absolute atomic E-state index is 1.01. The van der Waals surface area contributed by atoms with Gasteiger partial charge in [0.1, 0.15) is 5.82 Å². The normalized spacial score (nSPS) is 17.3. The van der Waals surface area contributed by atoms with E-state index in [9.17, 15) is 0 Å².